The molecule has 2 aromatic rings. The van der Waals surface area contributed by atoms with Crippen molar-refractivity contribution in [2.24, 2.45) is 0 Å². The Balaban J connectivity index is 1.93. The third kappa shape index (κ3) is 3.32. The van der Waals surface area contributed by atoms with Crippen LogP contribution in [0, 0.1) is 0 Å². The Bertz CT molecular complexity index is 477. The summed E-state index contributed by atoms with van der Waals surface area (Å²) in [5.41, 5.74) is 1.83. The predicted octanol–water partition coefficient (Wildman–Crippen LogP) is 2.94. The van der Waals surface area contributed by atoms with Crippen LogP contribution >= 0.6 is 11.3 Å². The van der Waals surface area contributed by atoms with Gasteiger partial charge >= 0.3 is 0 Å². The van der Waals surface area contributed by atoms with Crippen LogP contribution in [0.25, 0.3) is 0 Å². The first-order chi connectivity index (χ1) is 8.28. The zero-order valence-electron chi connectivity index (χ0n) is 9.47. The molecule has 1 heterocycles. The molecular formula is C13H13NO2S. The van der Waals surface area contributed by atoms with E-state index in [9.17, 15) is 4.79 Å². The van der Waals surface area contributed by atoms with Gasteiger partial charge in [0.15, 0.2) is 0 Å². The van der Waals surface area contributed by atoms with E-state index < -0.39 is 0 Å². The highest BCUT2D eigenvalue weighted by Crippen LogP contribution is 2.15. The third-order valence-electron chi connectivity index (χ3n) is 2.32. The predicted molar refractivity (Wildman–Crippen MR) is 69.6 cm³/mol. The lowest BCUT2D eigenvalue weighted by molar-refractivity contribution is -0.115. The van der Waals surface area contributed by atoms with Gasteiger partial charge in [-0.1, -0.05) is 0 Å². The highest BCUT2D eigenvalue weighted by molar-refractivity contribution is 7.08. The van der Waals surface area contributed by atoms with Crippen molar-refractivity contribution in [3.63, 3.8) is 0 Å². The number of hydrogen-bond donors (Lipinski definition) is 1. The molecule has 0 unspecified atom stereocenters. The van der Waals surface area contributed by atoms with Crippen LogP contribution < -0.4 is 10.1 Å². The van der Waals surface area contributed by atoms with E-state index in [1.54, 1.807) is 18.4 Å². The van der Waals surface area contributed by atoms with Gasteiger partial charge in [0.25, 0.3) is 0 Å². The minimum absolute atomic E-state index is 0.00596. The maximum Gasteiger partial charge on any atom is 0.228 e. The van der Waals surface area contributed by atoms with Crippen LogP contribution in [0.2, 0.25) is 0 Å². The van der Waals surface area contributed by atoms with Gasteiger partial charge in [-0.15, -0.1) is 0 Å². The van der Waals surface area contributed by atoms with Crippen LogP contribution in [-0.4, -0.2) is 13.0 Å². The number of benzene rings is 1. The second-order valence-corrected chi connectivity index (χ2v) is 4.37. The van der Waals surface area contributed by atoms with Gasteiger partial charge in [0.2, 0.25) is 5.91 Å². The summed E-state index contributed by atoms with van der Waals surface area (Å²) in [6.07, 6.45) is 0.412. The molecule has 2 rings (SSSR count). The van der Waals surface area contributed by atoms with Crippen molar-refractivity contribution in [2.75, 3.05) is 12.4 Å². The average Bonchev–Trinajstić information content (AvgIpc) is 2.82. The first-order valence-electron chi connectivity index (χ1n) is 5.23. The molecule has 0 spiro atoms. The molecule has 0 aliphatic heterocycles. The monoisotopic (exact) mass is 247 g/mol. The fraction of sp³-hybridized carbons (Fsp3) is 0.154. The van der Waals surface area contributed by atoms with Gasteiger partial charge < -0.3 is 10.1 Å². The largest absolute Gasteiger partial charge is 0.497 e. The number of amides is 1. The molecular weight excluding hydrogens is 234 g/mol. The molecule has 1 amide bonds. The molecule has 1 aromatic carbocycles. The van der Waals surface area contributed by atoms with Crippen molar-refractivity contribution >= 4 is 22.9 Å². The van der Waals surface area contributed by atoms with E-state index in [0.717, 1.165) is 17.0 Å². The molecule has 0 fully saturated rings. The first kappa shape index (κ1) is 11.7. The standard InChI is InChI=1S/C13H13NO2S/c1-16-12-4-2-11(3-5-12)14-13(15)8-10-6-7-17-9-10/h2-7,9H,8H2,1H3,(H,14,15). The van der Waals surface area contributed by atoms with Gasteiger partial charge in [-0.2, -0.15) is 11.3 Å². The van der Waals surface area contributed by atoms with Crippen molar-refractivity contribution in [1.82, 2.24) is 0 Å². The molecule has 88 valence electrons. The topological polar surface area (TPSA) is 38.3 Å². The molecule has 0 radical (unpaired) electrons. The lowest BCUT2D eigenvalue weighted by atomic mass is 10.2. The average molecular weight is 247 g/mol. The molecule has 0 aliphatic carbocycles. The van der Waals surface area contributed by atoms with E-state index >= 15 is 0 Å². The van der Waals surface area contributed by atoms with Gasteiger partial charge in [-0.25, -0.2) is 0 Å². The van der Waals surface area contributed by atoms with Gasteiger partial charge in [0, 0.05) is 5.69 Å². The van der Waals surface area contributed by atoms with E-state index in [1.165, 1.54) is 0 Å². The van der Waals surface area contributed by atoms with E-state index in [0.29, 0.717) is 6.42 Å². The Labute approximate surface area is 104 Å². The van der Waals surface area contributed by atoms with E-state index in [1.807, 2.05) is 41.1 Å². The Kier molecular flexibility index (Phi) is 3.77. The SMILES string of the molecule is COc1ccc(NC(=O)Cc2ccsc2)cc1. The molecule has 3 nitrogen and oxygen atoms in total. The van der Waals surface area contributed by atoms with E-state index in [-0.39, 0.29) is 5.91 Å². The summed E-state index contributed by atoms with van der Waals surface area (Å²) in [6, 6.07) is 9.24. The minimum atomic E-state index is -0.00596. The zero-order valence-corrected chi connectivity index (χ0v) is 10.3. The van der Waals surface area contributed by atoms with Gasteiger partial charge in [-0.05, 0) is 46.7 Å². The van der Waals surface area contributed by atoms with Crippen LogP contribution in [-0.2, 0) is 11.2 Å². The molecule has 1 aromatic heterocycles. The first-order valence-corrected chi connectivity index (χ1v) is 6.17. The summed E-state index contributed by atoms with van der Waals surface area (Å²) in [7, 11) is 1.62. The fourth-order valence-electron chi connectivity index (χ4n) is 1.46. The maximum absolute atomic E-state index is 11.7. The summed E-state index contributed by atoms with van der Waals surface area (Å²) < 4.78 is 5.05. The van der Waals surface area contributed by atoms with Crippen LogP contribution in [0.5, 0.6) is 5.75 Å². The van der Waals surface area contributed by atoms with Crippen molar-refractivity contribution in [2.45, 2.75) is 6.42 Å². The van der Waals surface area contributed by atoms with Crippen molar-refractivity contribution in [3.8, 4) is 5.75 Å². The number of carbonyl (C=O) groups excluding carboxylic acids is 1. The maximum atomic E-state index is 11.7. The second kappa shape index (κ2) is 5.50. The quantitative estimate of drug-likeness (QED) is 0.902. The molecule has 4 heteroatoms. The normalized spacial score (nSPS) is 9.94. The van der Waals surface area contributed by atoms with E-state index in [2.05, 4.69) is 5.32 Å². The summed E-state index contributed by atoms with van der Waals surface area (Å²) >= 11 is 1.60. The second-order valence-electron chi connectivity index (χ2n) is 3.59. The Hall–Kier alpha value is -1.81. The summed E-state index contributed by atoms with van der Waals surface area (Å²) in [4.78, 5) is 11.7. The number of rotatable bonds is 4. The molecule has 1 N–H and O–H groups in total. The summed E-state index contributed by atoms with van der Waals surface area (Å²) in [6.45, 7) is 0. The highest BCUT2D eigenvalue weighted by Gasteiger charge is 2.04. The molecule has 0 saturated carbocycles. The number of methoxy groups -OCH3 is 1. The molecule has 0 atom stereocenters. The van der Waals surface area contributed by atoms with Crippen LogP contribution in [0.1, 0.15) is 5.56 Å². The number of thiophene rings is 1. The number of carbonyl (C=O) groups is 1. The molecule has 17 heavy (non-hydrogen) atoms. The lowest BCUT2D eigenvalue weighted by Crippen LogP contribution is -2.13. The van der Waals surface area contributed by atoms with Crippen LogP contribution in [0.15, 0.2) is 41.1 Å². The van der Waals surface area contributed by atoms with Gasteiger partial charge in [0.05, 0.1) is 13.5 Å². The van der Waals surface area contributed by atoms with Crippen molar-refractivity contribution in [3.05, 3.63) is 46.7 Å². The minimum Gasteiger partial charge on any atom is -0.497 e. The van der Waals surface area contributed by atoms with Crippen molar-refractivity contribution in [1.29, 1.82) is 0 Å². The third-order valence-corrected chi connectivity index (χ3v) is 3.05. The summed E-state index contributed by atoms with van der Waals surface area (Å²) in [5.74, 6) is 0.773. The van der Waals surface area contributed by atoms with E-state index in [4.69, 9.17) is 4.74 Å². The number of hydrogen-bond acceptors (Lipinski definition) is 3. The fourth-order valence-corrected chi connectivity index (χ4v) is 2.13. The smallest absolute Gasteiger partial charge is 0.228 e. The number of anilines is 1. The van der Waals surface area contributed by atoms with Crippen molar-refractivity contribution < 1.29 is 9.53 Å². The van der Waals surface area contributed by atoms with Gasteiger partial charge in [0.1, 0.15) is 5.75 Å². The van der Waals surface area contributed by atoms with Crippen LogP contribution in [0.4, 0.5) is 5.69 Å². The summed E-state index contributed by atoms with van der Waals surface area (Å²) in [5, 5.41) is 6.79. The highest BCUT2D eigenvalue weighted by atomic mass is 32.1. The Morgan fingerprint density at radius 3 is 2.65 bits per heavy atom. The lowest BCUT2D eigenvalue weighted by Gasteiger charge is -2.05. The molecule has 0 bridgehead atoms. The Morgan fingerprint density at radius 2 is 2.06 bits per heavy atom. The van der Waals surface area contributed by atoms with Crippen LogP contribution in [0.3, 0.4) is 0 Å². The number of ether oxygens (including phenoxy) is 1. The zero-order chi connectivity index (χ0) is 12.1. The molecule has 0 saturated heterocycles. The van der Waals surface area contributed by atoms with Gasteiger partial charge in [-0.3, -0.25) is 4.79 Å². The molecule has 0 aliphatic rings. The Morgan fingerprint density at radius 1 is 1.29 bits per heavy atom. The number of nitrogens with one attached hydrogen (secondary N) is 1.